The van der Waals surface area contributed by atoms with E-state index in [2.05, 4.69) is 20.1 Å². The standard InChI is InChI=1S/C29H32F2N8OS/c1-15-20(19-5-6-21(31)25-23(19)36-27(32)41-25)9-22-24(34-15)26(39-17-3-4-18(39)12-33-11-17)37-28(35-22)40-14-29-7-2-8-38(29)13-16(30)10-29/h5-6,9,16-18,33H,2-4,7-8,10-14H2,1H3,(H2,32,36)/t16-,17?,18?,29+/m1/s1. The predicted molar refractivity (Wildman–Crippen MR) is 156 cm³/mol. The Hall–Kier alpha value is -3.22. The van der Waals surface area contributed by atoms with Gasteiger partial charge in [0.1, 0.15) is 24.1 Å². The SMILES string of the molecule is Cc1nc2c(N3C4CCC3CNC4)nc(OC[C@@]34CCCN3C[C@H](F)C4)nc2cc1-c1ccc(F)c2sc(N)nc12. The molecule has 0 aliphatic carbocycles. The first-order chi connectivity index (χ1) is 19.9. The first-order valence-corrected chi connectivity index (χ1v) is 15.3. The zero-order valence-electron chi connectivity index (χ0n) is 22.9. The number of fused-ring (bicyclic) bond motifs is 5. The molecule has 2 bridgehead atoms. The van der Waals surface area contributed by atoms with Crippen molar-refractivity contribution in [3.63, 3.8) is 0 Å². The molecule has 41 heavy (non-hydrogen) atoms. The third kappa shape index (κ3) is 4.05. The lowest BCUT2D eigenvalue weighted by Gasteiger charge is -2.36. The number of pyridine rings is 1. The van der Waals surface area contributed by atoms with Crippen LogP contribution in [0.5, 0.6) is 6.01 Å². The number of hydrogen-bond donors (Lipinski definition) is 2. The topological polar surface area (TPSA) is 105 Å². The van der Waals surface area contributed by atoms with Gasteiger partial charge in [-0.1, -0.05) is 11.3 Å². The molecule has 3 N–H and O–H groups in total. The number of benzene rings is 1. The predicted octanol–water partition coefficient (Wildman–Crippen LogP) is 4.23. The van der Waals surface area contributed by atoms with E-state index >= 15 is 0 Å². The van der Waals surface area contributed by atoms with E-state index in [0.29, 0.717) is 52.5 Å². The molecule has 0 saturated carbocycles. The number of aromatic nitrogens is 4. The molecule has 8 rings (SSSR count). The lowest BCUT2D eigenvalue weighted by molar-refractivity contribution is 0.107. The highest BCUT2D eigenvalue weighted by Crippen LogP contribution is 2.42. The molecular weight excluding hydrogens is 546 g/mol. The van der Waals surface area contributed by atoms with Gasteiger partial charge in [0.2, 0.25) is 0 Å². The number of thiazole rings is 1. The number of nitrogens with zero attached hydrogens (tertiary/aromatic N) is 6. The van der Waals surface area contributed by atoms with E-state index in [1.165, 1.54) is 6.07 Å². The van der Waals surface area contributed by atoms with Gasteiger partial charge in [0.15, 0.2) is 10.9 Å². The van der Waals surface area contributed by atoms with Crippen LogP contribution in [0.15, 0.2) is 18.2 Å². The molecule has 4 aliphatic rings. The summed E-state index contributed by atoms with van der Waals surface area (Å²) >= 11 is 1.14. The molecule has 2 unspecified atom stereocenters. The van der Waals surface area contributed by atoms with Crippen LogP contribution in [-0.4, -0.2) is 81.4 Å². The number of nitrogens with two attached hydrogens (primary N) is 1. The number of hydrogen-bond acceptors (Lipinski definition) is 10. The zero-order chi connectivity index (χ0) is 27.9. The van der Waals surface area contributed by atoms with Gasteiger partial charge >= 0.3 is 6.01 Å². The Balaban J connectivity index is 1.25. The highest BCUT2D eigenvalue weighted by atomic mass is 32.1. The summed E-state index contributed by atoms with van der Waals surface area (Å²) < 4.78 is 35.8. The van der Waals surface area contributed by atoms with E-state index < -0.39 is 6.17 Å². The maximum atomic E-state index is 14.6. The summed E-state index contributed by atoms with van der Waals surface area (Å²) in [5.41, 5.74) is 9.90. The number of rotatable bonds is 5. The van der Waals surface area contributed by atoms with Crippen LogP contribution < -0.4 is 20.7 Å². The molecule has 12 heteroatoms. The Morgan fingerprint density at radius 1 is 1.12 bits per heavy atom. The number of nitrogen functional groups attached to an aromatic ring is 1. The molecular formula is C29H32F2N8OS. The minimum Gasteiger partial charge on any atom is -0.461 e. The minimum absolute atomic E-state index is 0.285. The summed E-state index contributed by atoms with van der Waals surface area (Å²) in [4.78, 5) is 23.9. The maximum absolute atomic E-state index is 14.6. The van der Waals surface area contributed by atoms with E-state index in [9.17, 15) is 8.78 Å². The Morgan fingerprint density at radius 3 is 2.78 bits per heavy atom. The number of nitrogens with one attached hydrogen (secondary N) is 1. The zero-order valence-corrected chi connectivity index (χ0v) is 23.7. The molecule has 4 fully saturated rings. The summed E-state index contributed by atoms with van der Waals surface area (Å²) in [6.45, 7) is 5.46. The van der Waals surface area contributed by atoms with Crippen LogP contribution in [0.3, 0.4) is 0 Å². The fourth-order valence-corrected chi connectivity index (χ4v) is 8.38. The van der Waals surface area contributed by atoms with Crippen molar-refractivity contribution in [2.45, 2.75) is 62.8 Å². The highest BCUT2D eigenvalue weighted by Gasteiger charge is 2.49. The van der Waals surface area contributed by atoms with E-state index in [4.69, 9.17) is 25.4 Å². The molecule has 4 atom stereocenters. The lowest BCUT2D eigenvalue weighted by atomic mass is 9.95. The molecule has 0 amide bonds. The number of ether oxygens (including phenoxy) is 1. The second kappa shape index (κ2) is 9.40. The Kier molecular flexibility index (Phi) is 5.84. The van der Waals surface area contributed by atoms with Crippen LogP contribution in [0.4, 0.5) is 19.7 Å². The Labute approximate surface area is 240 Å². The number of piperazine rings is 1. The first-order valence-electron chi connectivity index (χ1n) is 14.4. The summed E-state index contributed by atoms with van der Waals surface area (Å²) in [5, 5.41) is 3.86. The van der Waals surface area contributed by atoms with Gasteiger partial charge in [0.25, 0.3) is 0 Å². The van der Waals surface area contributed by atoms with Crippen molar-refractivity contribution in [2.24, 2.45) is 0 Å². The van der Waals surface area contributed by atoms with Crippen LogP contribution >= 0.6 is 11.3 Å². The monoisotopic (exact) mass is 578 g/mol. The Bertz CT molecular complexity index is 1670. The van der Waals surface area contributed by atoms with Gasteiger partial charge in [0.05, 0.1) is 21.3 Å². The molecule has 0 spiro atoms. The number of anilines is 2. The summed E-state index contributed by atoms with van der Waals surface area (Å²) in [7, 11) is 0. The lowest BCUT2D eigenvalue weighted by Crippen LogP contribution is -2.52. The average Bonchev–Trinajstić information content (AvgIpc) is 3.67. The van der Waals surface area contributed by atoms with Crippen LogP contribution in [-0.2, 0) is 0 Å². The van der Waals surface area contributed by atoms with E-state index in [1.54, 1.807) is 6.07 Å². The third-order valence-electron chi connectivity index (χ3n) is 9.48. The fourth-order valence-electron chi connectivity index (χ4n) is 7.61. The normalized spacial score (nSPS) is 27.8. The molecule has 214 valence electrons. The van der Waals surface area contributed by atoms with Crippen molar-refractivity contribution >= 4 is 43.5 Å². The van der Waals surface area contributed by atoms with Gasteiger partial charge in [0, 0.05) is 55.0 Å². The Morgan fingerprint density at radius 2 is 1.95 bits per heavy atom. The quantitative estimate of drug-likeness (QED) is 0.360. The maximum Gasteiger partial charge on any atom is 0.319 e. The van der Waals surface area contributed by atoms with Crippen molar-refractivity contribution in [3.05, 3.63) is 29.7 Å². The summed E-state index contributed by atoms with van der Waals surface area (Å²) in [5.74, 6) is 0.438. The van der Waals surface area contributed by atoms with Gasteiger partial charge < -0.3 is 20.7 Å². The van der Waals surface area contributed by atoms with E-state index in [-0.39, 0.29) is 17.4 Å². The van der Waals surface area contributed by atoms with Gasteiger partial charge in [-0.25, -0.2) is 18.7 Å². The molecule has 4 aliphatic heterocycles. The molecule has 9 nitrogen and oxygen atoms in total. The highest BCUT2D eigenvalue weighted by molar-refractivity contribution is 7.22. The second-order valence-corrected chi connectivity index (χ2v) is 13.0. The van der Waals surface area contributed by atoms with Crippen molar-refractivity contribution in [2.75, 3.05) is 43.4 Å². The van der Waals surface area contributed by atoms with Crippen molar-refractivity contribution in [1.29, 1.82) is 0 Å². The second-order valence-electron chi connectivity index (χ2n) is 12.0. The number of aryl methyl sites for hydroxylation is 1. The van der Waals surface area contributed by atoms with Crippen molar-refractivity contribution < 1.29 is 13.5 Å². The first kappa shape index (κ1) is 25.5. The van der Waals surface area contributed by atoms with Crippen molar-refractivity contribution in [3.8, 4) is 17.1 Å². The molecule has 4 saturated heterocycles. The van der Waals surface area contributed by atoms with Gasteiger partial charge in [-0.05, 0) is 57.4 Å². The van der Waals surface area contributed by atoms with Crippen molar-refractivity contribution in [1.82, 2.24) is 30.2 Å². The molecule has 1 aromatic carbocycles. The molecule has 3 aromatic heterocycles. The largest absolute Gasteiger partial charge is 0.461 e. The molecule has 7 heterocycles. The summed E-state index contributed by atoms with van der Waals surface area (Å²) in [6.07, 6.45) is 3.79. The molecule has 4 aromatic rings. The third-order valence-corrected chi connectivity index (χ3v) is 10.4. The van der Waals surface area contributed by atoms with Crippen LogP contribution in [0.2, 0.25) is 0 Å². The number of alkyl halides is 1. The summed E-state index contributed by atoms with van der Waals surface area (Å²) in [6, 6.07) is 6.08. The van der Waals surface area contributed by atoms with Crippen LogP contribution in [0.25, 0.3) is 32.4 Å². The fraction of sp³-hybridized carbons (Fsp3) is 0.517. The number of halogens is 2. The molecule has 0 radical (unpaired) electrons. The van der Waals surface area contributed by atoms with Gasteiger partial charge in [-0.2, -0.15) is 9.97 Å². The van der Waals surface area contributed by atoms with Gasteiger partial charge in [-0.15, -0.1) is 0 Å². The van der Waals surface area contributed by atoms with Crippen LogP contribution in [0.1, 0.15) is 37.8 Å². The smallest absolute Gasteiger partial charge is 0.319 e. The minimum atomic E-state index is -0.828. The van der Waals surface area contributed by atoms with Crippen LogP contribution in [0, 0.1) is 12.7 Å². The van der Waals surface area contributed by atoms with E-state index in [1.807, 2.05) is 13.0 Å². The van der Waals surface area contributed by atoms with Gasteiger partial charge in [-0.3, -0.25) is 4.90 Å². The average molecular weight is 579 g/mol. The van der Waals surface area contributed by atoms with E-state index in [0.717, 1.165) is 84.8 Å².